The highest BCUT2D eigenvalue weighted by molar-refractivity contribution is 9.10. The van der Waals surface area contributed by atoms with Crippen molar-refractivity contribution in [2.45, 2.75) is 27.4 Å². The third-order valence-corrected chi connectivity index (χ3v) is 2.35. The molecule has 4 heteroatoms. The number of hydrogen-bond donors (Lipinski definition) is 1. The minimum atomic E-state index is -0.0151. The SMILES string of the molecule is CC.Cc1cc(Br)cn2cc(CO)nc12. The molecule has 0 radical (unpaired) electrons. The lowest BCUT2D eigenvalue weighted by Gasteiger charge is -1.97. The lowest BCUT2D eigenvalue weighted by atomic mass is 10.3. The number of aryl methyl sites for hydroxylation is 1. The Hall–Kier alpha value is -0.870. The lowest BCUT2D eigenvalue weighted by Crippen LogP contribution is -1.86. The largest absolute Gasteiger partial charge is 0.390 e. The maximum atomic E-state index is 8.91. The van der Waals surface area contributed by atoms with Gasteiger partial charge in [-0.25, -0.2) is 4.98 Å². The molecule has 0 bridgehead atoms. The first kappa shape index (κ1) is 12.2. The maximum Gasteiger partial charge on any atom is 0.140 e. The van der Waals surface area contributed by atoms with E-state index in [1.807, 2.05) is 43.6 Å². The zero-order chi connectivity index (χ0) is 11.4. The fraction of sp³-hybridized carbons (Fsp3) is 0.364. The lowest BCUT2D eigenvalue weighted by molar-refractivity contribution is 0.277. The zero-order valence-corrected chi connectivity index (χ0v) is 10.7. The number of halogens is 1. The molecule has 3 nitrogen and oxygen atoms in total. The van der Waals surface area contributed by atoms with E-state index in [9.17, 15) is 0 Å². The minimum absolute atomic E-state index is 0.0151. The van der Waals surface area contributed by atoms with Crippen LogP contribution in [0.5, 0.6) is 0 Å². The maximum absolute atomic E-state index is 8.91. The summed E-state index contributed by atoms with van der Waals surface area (Å²) in [6.07, 6.45) is 3.75. The number of fused-ring (bicyclic) bond motifs is 1. The van der Waals surface area contributed by atoms with Gasteiger partial charge in [-0.05, 0) is 34.5 Å². The fourth-order valence-electron chi connectivity index (χ4n) is 1.35. The molecular formula is C11H15BrN2O. The van der Waals surface area contributed by atoms with Crippen molar-refractivity contribution in [1.82, 2.24) is 9.38 Å². The Morgan fingerprint density at radius 1 is 1.40 bits per heavy atom. The standard InChI is InChI=1S/C9H9BrN2O.C2H6/c1-6-2-7(10)3-12-4-8(5-13)11-9(6)12;1-2/h2-4,13H,5H2,1H3;1-2H3. The van der Waals surface area contributed by atoms with E-state index in [0.717, 1.165) is 15.7 Å². The van der Waals surface area contributed by atoms with Gasteiger partial charge in [0.05, 0.1) is 12.3 Å². The van der Waals surface area contributed by atoms with Crippen molar-refractivity contribution in [3.63, 3.8) is 0 Å². The second kappa shape index (κ2) is 5.28. The molecule has 15 heavy (non-hydrogen) atoms. The molecule has 0 amide bonds. The first-order chi connectivity index (χ1) is 7.20. The van der Waals surface area contributed by atoms with Gasteiger partial charge >= 0.3 is 0 Å². The summed E-state index contributed by atoms with van der Waals surface area (Å²) >= 11 is 3.40. The highest BCUT2D eigenvalue weighted by Gasteiger charge is 2.03. The number of aliphatic hydroxyl groups is 1. The van der Waals surface area contributed by atoms with Crippen LogP contribution in [0.3, 0.4) is 0 Å². The van der Waals surface area contributed by atoms with Crippen LogP contribution in [0.1, 0.15) is 25.1 Å². The predicted octanol–water partition coefficient (Wildman–Crippen LogP) is 2.92. The highest BCUT2D eigenvalue weighted by atomic mass is 79.9. The molecule has 0 aliphatic rings. The molecule has 0 saturated carbocycles. The molecule has 2 heterocycles. The average molecular weight is 271 g/mol. The summed E-state index contributed by atoms with van der Waals surface area (Å²) in [6.45, 7) is 5.98. The Kier molecular flexibility index (Phi) is 4.29. The van der Waals surface area contributed by atoms with Crippen LogP contribution in [-0.4, -0.2) is 14.5 Å². The van der Waals surface area contributed by atoms with Gasteiger partial charge < -0.3 is 9.51 Å². The van der Waals surface area contributed by atoms with Crippen LogP contribution in [0.2, 0.25) is 0 Å². The van der Waals surface area contributed by atoms with E-state index in [2.05, 4.69) is 20.9 Å². The van der Waals surface area contributed by atoms with Crippen LogP contribution in [0.15, 0.2) is 22.9 Å². The number of aliphatic hydroxyl groups excluding tert-OH is 1. The quantitative estimate of drug-likeness (QED) is 0.865. The van der Waals surface area contributed by atoms with Gasteiger partial charge in [-0.2, -0.15) is 0 Å². The molecule has 0 aliphatic heterocycles. The Labute approximate surface area is 97.9 Å². The Morgan fingerprint density at radius 3 is 2.67 bits per heavy atom. The van der Waals surface area contributed by atoms with E-state index in [-0.39, 0.29) is 6.61 Å². The summed E-state index contributed by atoms with van der Waals surface area (Å²) in [5.41, 5.74) is 2.68. The number of pyridine rings is 1. The highest BCUT2D eigenvalue weighted by Crippen LogP contribution is 2.16. The fourth-order valence-corrected chi connectivity index (χ4v) is 1.92. The molecule has 0 spiro atoms. The molecule has 0 fully saturated rings. The van der Waals surface area contributed by atoms with E-state index in [1.165, 1.54) is 0 Å². The number of imidazole rings is 1. The van der Waals surface area contributed by atoms with Gasteiger partial charge in [-0.15, -0.1) is 0 Å². The van der Waals surface area contributed by atoms with Crippen molar-refractivity contribution >= 4 is 21.6 Å². The van der Waals surface area contributed by atoms with E-state index in [0.29, 0.717) is 5.69 Å². The van der Waals surface area contributed by atoms with Crippen molar-refractivity contribution in [1.29, 1.82) is 0 Å². The zero-order valence-electron chi connectivity index (χ0n) is 9.16. The van der Waals surface area contributed by atoms with Crippen LogP contribution in [0, 0.1) is 6.92 Å². The summed E-state index contributed by atoms with van der Waals surface area (Å²) < 4.78 is 2.92. The normalized spacial score (nSPS) is 9.93. The van der Waals surface area contributed by atoms with Crippen LogP contribution < -0.4 is 0 Å². The summed E-state index contributed by atoms with van der Waals surface area (Å²) in [6, 6.07) is 2.00. The minimum Gasteiger partial charge on any atom is -0.390 e. The summed E-state index contributed by atoms with van der Waals surface area (Å²) in [5, 5.41) is 8.91. The Morgan fingerprint density at radius 2 is 2.07 bits per heavy atom. The first-order valence-corrected chi connectivity index (χ1v) is 5.74. The summed E-state index contributed by atoms with van der Waals surface area (Å²) in [4.78, 5) is 4.26. The van der Waals surface area contributed by atoms with Crippen LogP contribution in [0.4, 0.5) is 0 Å². The van der Waals surface area contributed by atoms with Crippen LogP contribution in [0.25, 0.3) is 5.65 Å². The average Bonchev–Trinajstić information content (AvgIpc) is 2.64. The topological polar surface area (TPSA) is 37.5 Å². The number of nitrogens with zero attached hydrogens (tertiary/aromatic N) is 2. The van der Waals surface area contributed by atoms with Gasteiger partial charge in [0.15, 0.2) is 0 Å². The smallest absolute Gasteiger partial charge is 0.140 e. The van der Waals surface area contributed by atoms with E-state index in [1.54, 1.807) is 0 Å². The molecular weight excluding hydrogens is 256 g/mol. The molecule has 1 N–H and O–H groups in total. The van der Waals surface area contributed by atoms with Crippen molar-refractivity contribution in [2.24, 2.45) is 0 Å². The molecule has 0 saturated heterocycles. The molecule has 2 aromatic heterocycles. The number of rotatable bonds is 1. The summed E-state index contributed by atoms with van der Waals surface area (Å²) in [7, 11) is 0. The molecule has 0 atom stereocenters. The number of aromatic nitrogens is 2. The van der Waals surface area contributed by atoms with Crippen molar-refractivity contribution in [2.75, 3.05) is 0 Å². The van der Waals surface area contributed by atoms with Crippen LogP contribution in [-0.2, 0) is 6.61 Å². The Balaban J connectivity index is 0.000000531. The van der Waals surface area contributed by atoms with Gasteiger partial charge in [-0.3, -0.25) is 0 Å². The second-order valence-electron chi connectivity index (χ2n) is 2.96. The molecule has 2 rings (SSSR count). The van der Waals surface area contributed by atoms with Gasteiger partial charge in [0.2, 0.25) is 0 Å². The first-order valence-electron chi connectivity index (χ1n) is 4.95. The van der Waals surface area contributed by atoms with Crippen molar-refractivity contribution < 1.29 is 5.11 Å². The molecule has 2 aromatic rings. The van der Waals surface area contributed by atoms with Gasteiger partial charge in [0, 0.05) is 16.9 Å². The van der Waals surface area contributed by atoms with E-state index in [4.69, 9.17) is 5.11 Å². The molecule has 0 aliphatic carbocycles. The van der Waals surface area contributed by atoms with Crippen LogP contribution >= 0.6 is 15.9 Å². The van der Waals surface area contributed by atoms with Crippen molar-refractivity contribution in [3.05, 3.63) is 34.2 Å². The third-order valence-electron chi connectivity index (χ3n) is 1.91. The van der Waals surface area contributed by atoms with Gasteiger partial charge in [0.1, 0.15) is 5.65 Å². The summed E-state index contributed by atoms with van der Waals surface area (Å²) in [5.74, 6) is 0. The third kappa shape index (κ3) is 2.58. The predicted molar refractivity (Wildman–Crippen MR) is 64.9 cm³/mol. The van der Waals surface area contributed by atoms with Gasteiger partial charge in [0.25, 0.3) is 0 Å². The molecule has 82 valence electrons. The molecule has 0 unspecified atom stereocenters. The van der Waals surface area contributed by atoms with E-state index >= 15 is 0 Å². The Bertz CT molecular complexity index is 451. The van der Waals surface area contributed by atoms with E-state index < -0.39 is 0 Å². The second-order valence-corrected chi connectivity index (χ2v) is 3.88. The van der Waals surface area contributed by atoms with Gasteiger partial charge in [-0.1, -0.05) is 13.8 Å². The molecule has 0 aromatic carbocycles. The van der Waals surface area contributed by atoms with Crippen molar-refractivity contribution in [3.8, 4) is 0 Å². The number of hydrogen-bond acceptors (Lipinski definition) is 2. The monoisotopic (exact) mass is 270 g/mol.